The van der Waals surface area contributed by atoms with Crippen LogP contribution in [0.4, 0.5) is 0 Å². The number of rotatable bonds is 5. The largest absolute Gasteiger partial charge is 0.376 e. The number of hydrogen-bond acceptors (Lipinski definition) is 2. The second-order valence-electron chi connectivity index (χ2n) is 6.59. The van der Waals surface area contributed by atoms with Gasteiger partial charge < -0.3 is 10.5 Å². The summed E-state index contributed by atoms with van der Waals surface area (Å²) in [7, 11) is 0. The molecule has 0 spiro atoms. The summed E-state index contributed by atoms with van der Waals surface area (Å²) < 4.78 is 5.88. The molecule has 1 rings (SSSR count). The maximum atomic E-state index is 6.41. The SMILES string of the molecule is CCOC(C(N)c1ccc(C(C)C)cc1)C(C)(C)C. The van der Waals surface area contributed by atoms with Crippen LogP contribution in [-0.4, -0.2) is 12.7 Å². The fourth-order valence-corrected chi connectivity index (χ4v) is 2.35. The molecular weight excluding hydrogens is 234 g/mol. The van der Waals surface area contributed by atoms with Crippen molar-refractivity contribution in [3.05, 3.63) is 35.4 Å². The van der Waals surface area contributed by atoms with E-state index >= 15 is 0 Å². The van der Waals surface area contributed by atoms with E-state index in [4.69, 9.17) is 10.5 Å². The van der Waals surface area contributed by atoms with E-state index in [9.17, 15) is 0 Å². The minimum Gasteiger partial charge on any atom is -0.376 e. The zero-order valence-electron chi connectivity index (χ0n) is 13.2. The molecule has 2 nitrogen and oxygen atoms in total. The van der Waals surface area contributed by atoms with Crippen molar-refractivity contribution in [3.8, 4) is 0 Å². The molecule has 2 unspecified atom stereocenters. The van der Waals surface area contributed by atoms with Crippen molar-refractivity contribution in [2.75, 3.05) is 6.61 Å². The van der Waals surface area contributed by atoms with Crippen molar-refractivity contribution < 1.29 is 4.74 Å². The monoisotopic (exact) mass is 263 g/mol. The topological polar surface area (TPSA) is 35.2 Å². The Bertz CT molecular complexity index is 375. The van der Waals surface area contributed by atoms with Gasteiger partial charge in [-0.3, -0.25) is 0 Å². The lowest BCUT2D eigenvalue weighted by atomic mass is 9.82. The summed E-state index contributed by atoms with van der Waals surface area (Å²) >= 11 is 0. The molecule has 0 saturated carbocycles. The molecule has 19 heavy (non-hydrogen) atoms. The first-order valence-electron chi connectivity index (χ1n) is 7.24. The Morgan fingerprint density at radius 3 is 1.89 bits per heavy atom. The Morgan fingerprint density at radius 1 is 1.05 bits per heavy atom. The third kappa shape index (κ3) is 4.32. The summed E-state index contributed by atoms with van der Waals surface area (Å²) in [5, 5.41) is 0. The summed E-state index contributed by atoms with van der Waals surface area (Å²) in [6, 6.07) is 8.54. The van der Waals surface area contributed by atoms with Crippen LogP contribution < -0.4 is 5.73 Å². The van der Waals surface area contributed by atoms with Crippen LogP contribution in [0.1, 0.15) is 64.6 Å². The molecule has 0 saturated heterocycles. The lowest BCUT2D eigenvalue weighted by molar-refractivity contribution is -0.0283. The van der Waals surface area contributed by atoms with Gasteiger partial charge in [0.2, 0.25) is 0 Å². The van der Waals surface area contributed by atoms with Crippen LogP contribution >= 0.6 is 0 Å². The molecule has 2 heteroatoms. The fourth-order valence-electron chi connectivity index (χ4n) is 2.35. The van der Waals surface area contributed by atoms with Gasteiger partial charge in [-0.1, -0.05) is 58.9 Å². The van der Waals surface area contributed by atoms with Gasteiger partial charge in [-0.25, -0.2) is 0 Å². The van der Waals surface area contributed by atoms with Crippen LogP contribution in [0, 0.1) is 5.41 Å². The van der Waals surface area contributed by atoms with Gasteiger partial charge in [0.05, 0.1) is 12.1 Å². The minimum absolute atomic E-state index is 0.0300. The molecule has 0 amide bonds. The first-order valence-corrected chi connectivity index (χ1v) is 7.24. The number of nitrogens with two attached hydrogens (primary N) is 1. The quantitative estimate of drug-likeness (QED) is 0.861. The van der Waals surface area contributed by atoms with Crippen molar-refractivity contribution in [1.29, 1.82) is 0 Å². The van der Waals surface area contributed by atoms with E-state index < -0.39 is 0 Å². The number of ether oxygens (including phenoxy) is 1. The first-order chi connectivity index (χ1) is 8.77. The zero-order chi connectivity index (χ0) is 14.6. The standard InChI is InChI=1S/C17H29NO/c1-7-19-16(17(4,5)6)15(18)14-10-8-13(9-11-14)12(2)3/h8-12,15-16H,7,18H2,1-6H3. The fraction of sp³-hybridized carbons (Fsp3) is 0.647. The number of benzene rings is 1. The van der Waals surface area contributed by atoms with E-state index in [-0.39, 0.29) is 17.6 Å². The maximum absolute atomic E-state index is 6.41. The highest BCUT2D eigenvalue weighted by molar-refractivity contribution is 5.27. The summed E-state index contributed by atoms with van der Waals surface area (Å²) in [6.45, 7) is 13.6. The second-order valence-corrected chi connectivity index (χ2v) is 6.59. The Kier molecular flexibility index (Phi) is 5.57. The van der Waals surface area contributed by atoms with Crippen molar-refractivity contribution in [1.82, 2.24) is 0 Å². The van der Waals surface area contributed by atoms with Gasteiger partial charge in [0.15, 0.2) is 0 Å². The highest BCUT2D eigenvalue weighted by Gasteiger charge is 2.31. The molecule has 0 radical (unpaired) electrons. The summed E-state index contributed by atoms with van der Waals surface area (Å²) in [5.41, 5.74) is 8.94. The molecule has 0 fully saturated rings. The van der Waals surface area contributed by atoms with Crippen LogP contribution in [-0.2, 0) is 4.74 Å². The Morgan fingerprint density at radius 2 is 1.53 bits per heavy atom. The third-order valence-electron chi connectivity index (χ3n) is 3.51. The smallest absolute Gasteiger partial charge is 0.0815 e. The van der Waals surface area contributed by atoms with Crippen LogP contribution in [0.3, 0.4) is 0 Å². The minimum atomic E-state index is -0.0823. The van der Waals surface area contributed by atoms with Crippen LogP contribution in [0.5, 0.6) is 0 Å². The molecule has 0 aliphatic carbocycles. The molecule has 108 valence electrons. The van der Waals surface area contributed by atoms with E-state index in [2.05, 4.69) is 58.9 Å². The molecule has 1 aromatic carbocycles. The lowest BCUT2D eigenvalue weighted by Gasteiger charge is -2.35. The van der Waals surface area contributed by atoms with Gasteiger partial charge >= 0.3 is 0 Å². The second kappa shape index (κ2) is 6.53. The molecule has 0 heterocycles. The third-order valence-corrected chi connectivity index (χ3v) is 3.51. The van der Waals surface area contributed by atoms with Crippen LogP contribution in [0.15, 0.2) is 24.3 Å². The molecule has 0 aromatic heterocycles. The number of hydrogen-bond donors (Lipinski definition) is 1. The van der Waals surface area contributed by atoms with Crippen molar-refractivity contribution in [2.45, 2.75) is 59.6 Å². The van der Waals surface area contributed by atoms with Gasteiger partial charge in [-0.15, -0.1) is 0 Å². The Labute approximate surface area is 118 Å². The van der Waals surface area contributed by atoms with Gasteiger partial charge in [0, 0.05) is 6.61 Å². The van der Waals surface area contributed by atoms with Crippen LogP contribution in [0.2, 0.25) is 0 Å². The predicted octanol–water partition coefficient (Wildman–Crippen LogP) is 4.26. The average Bonchev–Trinajstić information content (AvgIpc) is 2.34. The van der Waals surface area contributed by atoms with Crippen molar-refractivity contribution in [3.63, 3.8) is 0 Å². The highest BCUT2D eigenvalue weighted by atomic mass is 16.5. The van der Waals surface area contributed by atoms with Gasteiger partial charge in [0.1, 0.15) is 0 Å². The van der Waals surface area contributed by atoms with Crippen LogP contribution in [0.25, 0.3) is 0 Å². The Balaban J connectivity index is 2.93. The average molecular weight is 263 g/mol. The van der Waals surface area contributed by atoms with E-state index in [1.807, 2.05) is 6.92 Å². The van der Waals surface area contributed by atoms with Gasteiger partial charge in [-0.2, -0.15) is 0 Å². The van der Waals surface area contributed by atoms with Crippen molar-refractivity contribution >= 4 is 0 Å². The maximum Gasteiger partial charge on any atom is 0.0815 e. The lowest BCUT2D eigenvalue weighted by Crippen LogP contribution is -2.39. The summed E-state index contributed by atoms with van der Waals surface area (Å²) in [6.07, 6.45) is 0.0300. The molecular formula is C17H29NO. The van der Waals surface area contributed by atoms with Gasteiger partial charge in [0.25, 0.3) is 0 Å². The molecule has 2 N–H and O–H groups in total. The van der Waals surface area contributed by atoms with E-state index in [0.717, 1.165) is 5.56 Å². The van der Waals surface area contributed by atoms with E-state index in [0.29, 0.717) is 12.5 Å². The van der Waals surface area contributed by atoms with Crippen molar-refractivity contribution in [2.24, 2.45) is 11.1 Å². The zero-order valence-corrected chi connectivity index (χ0v) is 13.2. The molecule has 2 atom stereocenters. The summed E-state index contributed by atoms with van der Waals surface area (Å²) in [5.74, 6) is 0.551. The predicted molar refractivity (Wildman–Crippen MR) is 82.3 cm³/mol. The molecule has 0 aliphatic rings. The molecule has 0 aliphatic heterocycles. The van der Waals surface area contributed by atoms with E-state index in [1.165, 1.54) is 5.56 Å². The molecule has 0 bridgehead atoms. The first kappa shape index (κ1) is 16.2. The normalized spacial score (nSPS) is 15.6. The Hall–Kier alpha value is -0.860. The highest BCUT2D eigenvalue weighted by Crippen LogP contribution is 2.31. The molecule has 1 aromatic rings. The van der Waals surface area contributed by atoms with E-state index in [1.54, 1.807) is 0 Å². The van der Waals surface area contributed by atoms with Gasteiger partial charge in [-0.05, 0) is 29.4 Å². The summed E-state index contributed by atoms with van der Waals surface area (Å²) in [4.78, 5) is 0.